The van der Waals surface area contributed by atoms with Gasteiger partial charge in [-0.1, -0.05) is 0 Å². The minimum Gasteiger partial charge on any atom is -0.372 e. The van der Waals surface area contributed by atoms with E-state index in [0.717, 1.165) is 25.1 Å². The zero-order valence-electron chi connectivity index (χ0n) is 9.28. The number of aryl methyl sites for hydroxylation is 1. The van der Waals surface area contributed by atoms with Crippen LogP contribution in [0.1, 0.15) is 36.8 Å². The molecule has 1 aliphatic heterocycles. The lowest BCUT2D eigenvalue weighted by Gasteiger charge is -2.22. The first kappa shape index (κ1) is 10.6. The molecule has 2 N–H and O–H groups in total. The summed E-state index contributed by atoms with van der Waals surface area (Å²) in [6.07, 6.45) is 4.64. The summed E-state index contributed by atoms with van der Waals surface area (Å²) in [5.74, 6) is 0. The Labute approximate surface area is 90.4 Å². The van der Waals surface area contributed by atoms with Gasteiger partial charge in [-0.2, -0.15) is 5.10 Å². The molecule has 2 heterocycles. The molecule has 0 radical (unpaired) electrons. The van der Waals surface area contributed by atoms with E-state index in [1.165, 1.54) is 18.5 Å². The van der Waals surface area contributed by atoms with E-state index < -0.39 is 0 Å². The van der Waals surface area contributed by atoms with Crippen LogP contribution in [0.2, 0.25) is 0 Å². The number of hydrogen-bond donors (Lipinski definition) is 1. The highest BCUT2D eigenvalue weighted by Gasteiger charge is 2.19. The summed E-state index contributed by atoms with van der Waals surface area (Å²) in [5.41, 5.74) is 7.78. The largest absolute Gasteiger partial charge is 0.372 e. The van der Waals surface area contributed by atoms with E-state index in [9.17, 15) is 0 Å². The number of ether oxygens (including phenoxy) is 1. The molecule has 1 aliphatic rings. The second-order valence-electron chi connectivity index (χ2n) is 4.08. The fourth-order valence-electron chi connectivity index (χ4n) is 2.09. The predicted octanol–water partition coefficient (Wildman–Crippen LogP) is 1.16. The van der Waals surface area contributed by atoms with Crippen molar-refractivity contribution in [2.45, 2.75) is 31.8 Å². The van der Waals surface area contributed by atoms with Gasteiger partial charge in [-0.05, 0) is 31.9 Å². The molecule has 1 fully saturated rings. The van der Waals surface area contributed by atoms with Crippen LogP contribution in [0.25, 0.3) is 0 Å². The van der Waals surface area contributed by atoms with Gasteiger partial charge in [0.15, 0.2) is 0 Å². The molecule has 4 nitrogen and oxygen atoms in total. The van der Waals surface area contributed by atoms with E-state index in [4.69, 9.17) is 10.5 Å². The van der Waals surface area contributed by atoms with Crippen LogP contribution in [0.15, 0.2) is 6.07 Å². The van der Waals surface area contributed by atoms with Crippen LogP contribution in [-0.2, 0) is 18.2 Å². The molecular weight excluding hydrogens is 190 g/mol. The third-order valence-corrected chi connectivity index (χ3v) is 2.88. The van der Waals surface area contributed by atoms with Gasteiger partial charge >= 0.3 is 0 Å². The molecule has 0 aliphatic carbocycles. The number of aromatic nitrogens is 2. The molecule has 0 bridgehead atoms. The predicted molar refractivity (Wildman–Crippen MR) is 58.5 cm³/mol. The van der Waals surface area contributed by atoms with Gasteiger partial charge in [0.25, 0.3) is 0 Å². The molecule has 0 amide bonds. The maximum atomic E-state index is 5.74. The van der Waals surface area contributed by atoms with E-state index in [1.807, 2.05) is 11.7 Å². The van der Waals surface area contributed by atoms with Crippen molar-refractivity contribution < 1.29 is 4.74 Å². The van der Waals surface area contributed by atoms with Crippen LogP contribution in [0.3, 0.4) is 0 Å². The van der Waals surface area contributed by atoms with E-state index in [2.05, 4.69) is 11.2 Å². The van der Waals surface area contributed by atoms with E-state index >= 15 is 0 Å². The topological polar surface area (TPSA) is 53.1 Å². The molecule has 4 heteroatoms. The second-order valence-corrected chi connectivity index (χ2v) is 4.08. The van der Waals surface area contributed by atoms with Gasteiger partial charge < -0.3 is 10.5 Å². The highest BCUT2D eigenvalue weighted by atomic mass is 16.5. The summed E-state index contributed by atoms with van der Waals surface area (Å²) < 4.78 is 7.68. The van der Waals surface area contributed by atoms with Gasteiger partial charge in [0.05, 0.1) is 17.5 Å². The minimum absolute atomic E-state index is 0.239. The maximum Gasteiger partial charge on any atom is 0.0991 e. The first-order valence-corrected chi connectivity index (χ1v) is 5.65. The lowest BCUT2D eigenvalue weighted by molar-refractivity contribution is 0.0101. The number of nitrogens with two attached hydrogens (primary N) is 1. The minimum atomic E-state index is 0.239. The summed E-state index contributed by atoms with van der Waals surface area (Å²) in [6, 6.07) is 2.13. The lowest BCUT2D eigenvalue weighted by atomic mass is 10.1. The first-order chi connectivity index (χ1) is 7.31. The third-order valence-electron chi connectivity index (χ3n) is 2.88. The Morgan fingerprint density at radius 2 is 2.47 bits per heavy atom. The number of rotatable bonds is 3. The van der Waals surface area contributed by atoms with Crippen molar-refractivity contribution in [2.24, 2.45) is 12.8 Å². The van der Waals surface area contributed by atoms with Gasteiger partial charge in [-0.15, -0.1) is 0 Å². The Morgan fingerprint density at radius 1 is 1.60 bits per heavy atom. The molecule has 0 spiro atoms. The average molecular weight is 209 g/mol. The van der Waals surface area contributed by atoms with Crippen molar-refractivity contribution in [3.63, 3.8) is 0 Å². The van der Waals surface area contributed by atoms with Gasteiger partial charge in [-0.25, -0.2) is 0 Å². The van der Waals surface area contributed by atoms with Crippen molar-refractivity contribution in [2.75, 3.05) is 13.2 Å². The van der Waals surface area contributed by atoms with Crippen molar-refractivity contribution in [3.05, 3.63) is 17.5 Å². The van der Waals surface area contributed by atoms with Crippen LogP contribution in [0.4, 0.5) is 0 Å². The Bertz CT molecular complexity index is 316. The molecule has 1 atom stereocenters. The van der Waals surface area contributed by atoms with Crippen LogP contribution in [-0.4, -0.2) is 22.9 Å². The fourth-order valence-corrected chi connectivity index (χ4v) is 2.09. The Balaban J connectivity index is 2.11. The van der Waals surface area contributed by atoms with Crippen LogP contribution < -0.4 is 5.73 Å². The zero-order chi connectivity index (χ0) is 10.7. The zero-order valence-corrected chi connectivity index (χ0v) is 9.28. The van der Waals surface area contributed by atoms with Crippen LogP contribution in [0.5, 0.6) is 0 Å². The standard InChI is InChI=1S/C11H19N3O/c1-14-10(8-9(13-14)5-6-12)11-4-2-3-7-15-11/h8,11H,2-7,12H2,1H3. The van der Waals surface area contributed by atoms with E-state index in [-0.39, 0.29) is 6.10 Å². The fraction of sp³-hybridized carbons (Fsp3) is 0.727. The maximum absolute atomic E-state index is 5.74. The Morgan fingerprint density at radius 3 is 3.13 bits per heavy atom. The van der Waals surface area contributed by atoms with Crippen LogP contribution in [0, 0.1) is 0 Å². The summed E-state index contributed by atoms with van der Waals surface area (Å²) >= 11 is 0. The average Bonchev–Trinajstić information content (AvgIpc) is 2.61. The molecule has 1 aromatic rings. The summed E-state index contributed by atoms with van der Waals surface area (Å²) in [4.78, 5) is 0. The van der Waals surface area contributed by atoms with Gasteiger partial charge in [0.1, 0.15) is 0 Å². The van der Waals surface area contributed by atoms with Crippen LogP contribution >= 0.6 is 0 Å². The monoisotopic (exact) mass is 209 g/mol. The third kappa shape index (κ3) is 2.38. The normalized spacial score (nSPS) is 21.9. The number of nitrogens with zero attached hydrogens (tertiary/aromatic N) is 2. The van der Waals surface area contributed by atoms with Crippen molar-refractivity contribution in [3.8, 4) is 0 Å². The van der Waals surface area contributed by atoms with E-state index in [0.29, 0.717) is 6.54 Å². The number of hydrogen-bond acceptors (Lipinski definition) is 3. The summed E-state index contributed by atoms with van der Waals surface area (Å²) in [6.45, 7) is 1.53. The lowest BCUT2D eigenvalue weighted by Crippen LogP contribution is -2.14. The molecule has 15 heavy (non-hydrogen) atoms. The molecular formula is C11H19N3O. The SMILES string of the molecule is Cn1nc(CCN)cc1C1CCCCO1. The quantitative estimate of drug-likeness (QED) is 0.812. The highest BCUT2D eigenvalue weighted by Crippen LogP contribution is 2.27. The molecule has 1 saturated heterocycles. The van der Waals surface area contributed by atoms with Gasteiger partial charge in [0, 0.05) is 20.1 Å². The molecule has 1 aromatic heterocycles. The van der Waals surface area contributed by atoms with Gasteiger partial charge in [-0.3, -0.25) is 4.68 Å². The second kappa shape index (κ2) is 4.77. The Kier molecular flexibility index (Phi) is 3.38. The molecule has 2 rings (SSSR count). The molecule has 1 unspecified atom stereocenters. The van der Waals surface area contributed by atoms with Crippen molar-refractivity contribution in [1.82, 2.24) is 9.78 Å². The van der Waals surface area contributed by atoms with Crippen molar-refractivity contribution >= 4 is 0 Å². The summed E-state index contributed by atoms with van der Waals surface area (Å²) in [5, 5.41) is 4.43. The van der Waals surface area contributed by atoms with Crippen molar-refractivity contribution in [1.29, 1.82) is 0 Å². The molecule has 0 aromatic carbocycles. The van der Waals surface area contributed by atoms with Gasteiger partial charge in [0.2, 0.25) is 0 Å². The highest BCUT2D eigenvalue weighted by molar-refractivity contribution is 5.13. The molecule has 84 valence electrons. The Hall–Kier alpha value is -0.870. The first-order valence-electron chi connectivity index (χ1n) is 5.65. The van der Waals surface area contributed by atoms with E-state index in [1.54, 1.807) is 0 Å². The molecule has 0 saturated carbocycles. The smallest absolute Gasteiger partial charge is 0.0991 e. The summed E-state index contributed by atoms with van der Waals surface area (Å²) in [7, 11) is 1.98.